The van der Waals surface area contributed by atoms with Crippen LogP contribution in [0.2, 0.25) is 0 Å². The van der Waals surface area contributed by atoms with Crippen LogP contribution in [0.3, 0.4) is 0 Å². The van der Waals surface area contributed by atoms with Crippen LogP contribution < -0.4 is 5.73 Å². The summed E-state index contributed by atoms with van der Waals surface area (Å²) in [5, 5.41) is 7.64. The van der Waals surface area contributed by atoms with E-state index in [2.05, 4.69) is 31.1 Å². The van der Waals surface area contributed by atoms with Gasteiger partial charge in [-0.2, -0.15) is 0 Å². The average Bonchev–Trinajstić information content (AvgIpc) is 2.33. The number of aromatic nitrogens is 3. The molecule has 1 rings (SSSR count). The van der Waals surface area contributed by atoms with Gasteiger partial charge in [0.05, 0.1) is 6.20 Å². The number of nitrogens with two attached hydrogens (primary N) is 1. The van der Waals surface area contributed by atoms with Gasteiger partial charge in [-0.25, -0.2) is 0 Å². The summed E-state index contributed by atoms with van der Waals surface area (Å²) < 4.78 is 1.81. The normalized spacial score (nSPS) is 13.5. The van der Waals surface area contributed by atoms with Crippen LogP contribution in [-0.2, 0) is 6.54 Å². The van der Waals surface area contributed by atoms with Crippen molar-refractivity contribution in [2.75, 3.05) is 5.73 Å². The molecule has 0 saturated heterocycles. The molecule has 1 unspecified atom stereocenters. The van der Waals surface area contributed by atoms with E-state index < -0.39 is 0 Å². The minimum absolute atomic E-state index is 0.497. The van der Waals surface area contributed by atoms with Gasteiger partial charge in [0.15, 0.2) is 5.82 Å². The molecule has 0 aliphatic carbocycles. The molecule has 1 heterocycles. The van der Waals surface area contributed by atoms with Gasteiger partial charge in [0, 0.05) is 6.54 Å². The molecule has 1 aromatic rings. The largest absolute Gasteiger partial charge is 0.381 e. The van der Waals surface area contributed by atoms with Crippen molar-refractivity contribution < 1.29 is 0 Å². The lowest BCUT2D eigenvalue weighted by Gasteiger charge is -2.12. The van der Waals surface area contributed by atoms with E-state index in [-0.39, 0.29) is 0 Å². The highest BCUT2D eigenvalue weighted by Gasteiger charge is 2.06. The van der Waals surface area contributed by atoms with Crippen molar-refractivity contribution in [2.45, 2.75) is 33.7 Å². The van der Waals surface area contributed by atoms with Gasteiger partial charge in [0.25, 0.3) is 0 Å². The number of hydrogen-bond acceptors (Lipinski definition) is 3. The Morgan fingerprint density at radius 1 is 1.46 bits per heavy atom. The van der Waals surface area contributed by atoms with E-state index in [1.807, 2.05) is 4.68 Å². The van der Waals surface area contributed by atoms with Crippen LogP contribution in [0, 0.1) is 11.8 Å². The Labute approximate surface area is 79.1 Å². The second kappa shape index (κ2) is 4.25. The molecule has 0 amide bonds. The summed E-state index contributed by atoms with van der Waals surface area (Å²) in [7, 11) is 0. The Morgan fingerprint density at radius 2 is 2.15 bits per heavy atom. The van der Waals surface area contributed by atoms with E-state index >= 15 is 0 Å². The third-order valence-electron chi connectivity index (χ3n) is 1.93. The van der Waals surface area contributed by atoms with E-state index in [0.29, 0.717) is 11.7 Å². The van der Waals surface area contributed by atoms with Gasteiger partial charge in [-0.15, -0.1) is 5.10 Å². The molecule has 0 radical (unpaired) electrons. The predicted octanol–water partition coefficient (Wildman–Crippen LogP) is 1.54. The monoisotopic (exact) mass is 182 g/mol. The molecule has 74 valence electrons. The minimum atomic E-state index is 0.497. The molecule has 4 heteroatoms. The molecule has 0 aromatic carbocycles. The molecule has 0 saturated carbocycles. The first kappa shape index (κ1) is 10.0. The van der Waals surface area contributed by atoms with Gasteiger partial charge >= 0.3 is 0 Å². The Balaban J connectivity index is 2.40. The van der Waals surface area contributed by atoms with E-state index in [1.54, 1.807) is 6.20 Å². The van der Waals surface area contributed by atoms with Crippen LogP contribution in [0.15, 0.2) is 6.20 Å². The van der Waals surface area contributed by atoms with E-state index in [0.717, 1.165) is 12.5 Å². The van der Waals surface area contributed by atoms with Crippen molar-refractivity contribution in [1.29, 1.82) is 0 Å². The first-order valence-corrected chi connectivity index (χ1v) is 4.73. The summed E-state index contributed by atoms with van der Waals surface area (Å²) in [6.45, 7) is 7.58. The maximum Gasteiger partial charge on any atom is 0.165 e. The summed E-state index contributed by atoms with van der Waals surface area (Å²) in [5.74, 6) is 1.86. The number of anilines is 1. The molecule has 13 heavy (non-hydrogen) atoms. The second-order valence-electron chi connectivity index (χ2n) is 4.10. The van der Waals surface area contributed by atoms with E-state index in [9.17, 15) is 0 Å². The van der Waals surface area contributed by atoms with Crippen LogP contribution in [-0.4, -0.2) is 15.0 Å². The SMILES string of the molecule is CC(C)CC(C)Cn1cc(N)nn1. The lowest BCUT2D eigenvalue weighted by atomic mass is 9.99. The quantitative estimate of drug-likeness (QED) is 0.768. The summed E-state index contributed by atoms with van der Waals surface area (Å²) in [6, 6.07) is 0. The maximum atomic E-state index is 5.46. The van der Waals surface area contributed by atoms with Crippen LogP contribution >= 0.6 is 0 Å². The molecular formula is C9H18N4. The fourth-order valence-electron chi connectivity index (χ4n) is 1.60. The Morgan fingerprint density at radius 3 is 2.62 bits per heavy atom. The molecule has 0 aliphatic rings. The fourth-order valence-corrected chi connectivity index (χ4v) is 1.60. The number of nitrogen functional groups attached to an aromatic ring is 1. The Hall–Kier alpha value is -1.06. The van der Waals surface area contributed by atoms with Crippen molar-refractivity contribution in [1.82, 2.24) is 15.0 Å². The summed E-state index contributed by atoms with van der Waals surface area (Å²) in [4.78, 5) is 0. The standard InChI is InChI=1S/C9H18N4/c1-7(2)4-8(3)5-13-6-9(10)11-12-13/h6-8H,4-5,10H2,1-3H3. The molecule has 0 spiro atoms. The first-order valence-electron chi connectivity index (χ1n) is 4.73. The molecular weight excluding hydrogens is 164 g/mol. The average molecular weight is 182 g/mol. The Kier molecular flexibility index (Phi) is 3.28. The zero-order chi connectivity index (χ0) is 9.84. The van der Waals surface area contributed by atoms with Gasteiger partial charge in [-0.3, -0.25) is 4.68 Å². The van der Waals surface area contributed by atoms with Crippen molar-refractivity contribution in [3.63, 3.8) is 0 Å². The van der Waals surface area contributed by atoms with Crippen molar-refractivity contribution in [3.8, 4) is 0 Å². The van der Waals surface area contributed by atoms with Crippen LogP contribution in [0.25, 0.3) is 0 Å². The predicted molar refractivity (Wildman–Crippen MR) is 53.1 cm³/mol. The highest BCUT2D eigenvalue weighted by atomic mass is 15.4. The molecule has 1 atom stereocenters. The molecule has 0 aliphatic heterocycles. The van der Waals surface area contributed by atoms with Gasteiger partial charge in [0.1, 0.15) is 0 Å². The highest BCUT2D eigenvalue weighted by molar-refractivity contribution is 5.19. The molecule has 1 aromatic heterocycles. The van der Waals surface area contributed by atoms with Crippen LogP contribution in [0.1, 0.15) is 27.2 Å². The highest BCUT2D eigenvalue weighted by Crippen LogP contribution is 2.12. The van der Waals surface area contributed by atoms with E-state index in [1.165, 1.54) is 6.42 Å². The van der Waals surface area contributed by atoms with Gasteiger partial charge in [-0.05, 0) is 18.3 Å². The topological polar surface area (TPSA) is 56.7 Å². The smallest absolute Gasteiger partial charge is 0.165 e. The summed E-state index contributed by atoms with van der Waals surface area (Å²) in [5.41, 5.74) is 5.46. The third-order valence-corrected chi connectivity index (χ3v) is 1.93. The van der Waals surface area contributed by atoms with Crippen molar-refractivity contribution in [3.05, 3.63) is 6.20 Å². The first-order chi connectivity index (χ1) is 6.08. The number of rotatable bonds is 4. The van der Waals surface area contributed by atoms with Gasteiger partial charge in [0.2, 0.25) is 0 Å². The van der Waals surface area contributed by atoms with Crippen LogP contribution in [0.4, 0.5) is 5.82 Å². The summed E-state index contributed by atoms with van der Waals surface area (Å²) in [6.07, 6.45) is 2.98. The zero-order valence-electron chi connectivity index (χ0n) is 8.57. The molecule has 0 fully saturated rings. The lowest BCUT2D eigenvalue weighted by Crippen LogP contribution is -2.10. The fraction of sp³-hybridized carbons (Fsp3) is 0.778. The number of nitrogens with zero attached hydrogens (tertiary/aromatic N) is 3. The van der Waals surface area contributed by atoms with E-state index in [4.69, 9.17) is 5.73 Å². The molecule has 4 nitrogen and oxygen atoms in total. The van der Waals surface area contributed by atoms with Crippen molar-refractivity contribution >= 4 is 5.82 Å². The Bertz CT molecular complexity index is 254. The molecule has 0 bridgehead atoms. The third kappa shape index (κ3) is 3.44. The number of hydrogen-bond donors (Lipinski definition) is 1. The molecule has 2 N–H and O–H groups in total. The van der Waals surface area contributed by atoms with Crippen molar-refractivity contribution in [2.24, 2.45) is 11.8 Å². The van der Waals surface area contributed by atoms with Gasteiger partial charge in [-0.1, -0.05) is 26.0 Å². The zero-order valence-corrected chi connectivity index (χ0v) is 8.57. The van der Waals surface area contributed by atoms with Gasteiger partial charge < -0.3 is 5.73 Å². The van der Waals surface area contributed by atoms with Crippen LogP contribution in [0.5, 0.6) is 0 Å². The lowest BCUT2D eigenvalue weighted by molar-refractivity contribution is 0.369. The summed E-state index contributed by atoms with van der Waals surface area (Å²) >= 11 is 0. The maximum absolute atomic E-state index is 5.46. The minimum Gasteiger partial charge on any atom is -0.381 e. The second-order valence-corrected chi connectivity index (χ2v) is 4.10.